The van der Waals surface area contributed by atoms with E-state index in [9.17, 15) is 8.42 Å². The van der Waals surface area contributed by atoms with E-state index in [1.807, 2.05) is 26.8 Å². The first-order chi connectivity index (χ1) is 8.40. The summed E-state index contributed by atoms with van der Waals surface area (Å²) >= 11 is 0. The molecule has 0 saturated heterocycles. The van der Waals surface area contributed by atoms with Gasteiger partial charge >= 0.3 is 0 Å². The molecule has 98 valence electrons. The molecule has 0 bridgehead atoms. The van der Waals surface area contributed by atoms with Crippen LogP contribution in [0.3, 0.4) is 0 Å². The first-order valence-corrected chi connectivity index (χ1v) is 7.41. The van der Waals surface area contributed by atoms with E-state index < -0.39 is 10.0 Å². The molecule has 0 aliphatic rings. The van der Waals surface area contributed by atoms with Crippen molar-refractivity contribution in [2.75, 3.05) is 0 Å². The number of rotatable bonds is 5. The lowest BCUT2D eigenvalue weighted by atomic mass is 10.0. The Morgan fingerprint density at radius 3 is 2.61 bits per heavy atom. The summed E-state index contributed by atoms with van der Waals surface area (Å²) in [5, 5.41) is 8.77. The normalized spacial score (nSPS) is 14.8. The van der Waals surface area contributed by atoms with Crippen molar-refractivity contribution in [3.05, 3.63) is 29.8 Å². The number of nitrogens with one attached hydrogen (secondary N) is 1. The Kier molecular flexibility index (Phi) is 4.88. The van der Waals surface area contributed by atoms with E-state index in [-0.39, 0.29) is 16.9 Å². The highest BCUT2D eigenvalue weighted by Crippen LogP contribution is 2.14. The number of nitrogens with zero attached hydrogens (tertiary/aromatic N) is 1. The molecular formula is C13H18N2O2S. The van der Waals surface area contributed by atoms with Gasteiger partial charge in [0.25, 0.3) is 0 Å². The Morgan fingerprint density at radius 1 is 1.39 bits per heavy atom. The summed E-state index contributed by atoms with van der Waals surface area (Å²) in [6.07, 6.45) is 0.905. The molecule has 2 atom stereocenters. The first kappa shape index (κ1) is 14.7. The van der Waals surface area contributed by atoms with E-state index in [0.717, 1.165) is 6.42 Å². The molecule has 0 radical (unpaired) electrons. The molecule has 0 aliphatic carbocycles. The average molecular weight is 266 g/mol. The second-order valence-electron chi connectivity index (χ2n) is 4.44. The molecule has 18 heavy (non-hydrogen) atoms. The van der Waals surface area contributed by atoms with Gasteiger partial charge in [0, 0.05) is 6.04 Å². The second kappa shape index (κ2) is 5.98. The molecule has 0 spiro atoms. The predicted molar refractivity (Wildman–Crippen MR) is 70.4 cm³/mol. The minimum absolute atomic E-state index is 0.134. The van der Waals surface area contributed by atoms with Gasteiger partial charge < -0.3 is 0 Å². The Hall–Kier alpha value is -1.38. The average Bonchev–Trinajstić information content (AvgIpc) is 2.37. The van der Waals surface area contributed by atoms with Crippen LogP contribution in [0.1, 0.15) is 32.8 Å². The molecule has 1 rings (SSSR count). The monoisotopic (exact) mass is 266 g/mol. The first-order valence-electron chi connectivity index (χ1n) is 5.93. The lowest BCUT2D eigenvalue weighted by molar-refractivity contribution is 0.434. The molecule has 0 aliphatic heterocycles. The molecule has 0 heterocycles. The van der Waals surface area contributed by atoms with E-state index >= 15 is 0 Å². The fourth-order valence-corrected chi connectivity index (χ4v) is 2.91. The van der Waals surface area contributed by atoms with Crippen molar-refractivity contribution in [1.82, 2.24) is 4.72 Å². The van der Waals surface area contributed by atoms with Crippen LogP contribution in [-0.2, 0) is 10.0 Å². The van der Waals surface area contributed by atoms with Gasteiger partial charge in [-0.3, -0.25) is 0 Å². The molecule has 1 aromatic carbocycles. The van der Waals surface area contributed by atoms with Crippen LogP contribution in [-0.4, -0.2) is 14.5 Å². The van der Waals surface area contributed by atoms with E-state index in [4.69, 9.17) is 5.26 Å². The zero-order valence-corrected chi connectivity index (χ0v) is 11.7. The van der Waals surface area contributed by atoms with E-state index in [1.54, 1.807) is 12.1 Å². The molecule has 5 heteroatoms. The third kappa shape index (κ3) is 3.56. The zero-order valence-electron chi connectivity index (χ0n) is 10.8. The molecular weight excluding hydrogens is 248 g/mol. The summed E-state index contributed by atoms with van der Waals surface area (Å²) < 4.78 is 26.9. The van der Waals surface area contributed by atoms with Gasteiger partial charge in [-0.15, -0.1) is 0 Å². The molecule has 0 saturated carbocycles. The Balaban J connectivity index is 2.97. The van der Waals surface area contributed by atoms with Crippen LogP contribution in [0.5, 0.6) is 0 Å². The standard InChI is InChI=1S/C13H18N2O2S/c1-4-10(2)11(3)15-18(16,17)13-7-5-6-12(8-13)9-14/h5-8,10-11,15H,4H2,1-3H3. The van der Waals surface area contributed by atoms with Gasteiger partial charge in [-0.2, -0.15) is 5.26 Å². The summed E-state index contributed by atoms with van der Waals surface area (Å²) in [5.41, 5.74) is 0.342. The molecule has 0 aromatic heterocycles. The van der Waals surface area contributed by atoms with Crippen LogP contribution in [0.2, 0.25) is 0 Å². The lowest BCUT2D eigenvalue weighted by Gasteiger charge is -2.19. The highest BCUT2D eigenvalue weighted by Gasteiger charge is 2.20. The van der Waals surface area contributed by atoms with E-state index in [0.29, 0.717) is 5.56 Å². The fourth-order valence-electron chi connectivity index (χ4n) is 1.52. The van der Waals surface area contributed by atoms with Crippen molar-refractivity contribution >= 4 is 10.0 Å². The Labute approximate surface area is 109 Å². The lowest BCUT2D eigenvalue weighted by Crippen LogP contribution is -2.36. The zero-order chi connectivity index (χ0) is 13.8. The molecule has 1 N–H and O–H groups in total. The van der Waals surface area contributed by atoms with Crippen LogP contribution in [0, 0.1) is 17.2 Å². The van der Waals surface area contributed by atoms with Gasteiger partial charge in [-0.1, -0.05) is 26.3 Å². The molecule has 4 nitrogen and oxygen atoms in total. The molecule has 0 fully saturated rings. The van der Waals surface area contributed by atoms with Crippen LogP contribution >= 0.6 is 0 Å². The maximum absolute atomic E-state index is 12.1. The molecule has 0 amide bonds. The number of benzene rings is 1. The van der Waals surface area contributed by atoms with Gasteiger partial charge in [0.15, 0.2) is 0 Å². The van der Waals surface area contributed by atoms with Crippen molar-refractivity contribution in [3.8, 4) is 6.07 Å². The summed E-state index contributed by atoms with van der Waals surface area (Å²) in [6.45, 7) is 5.87. The number of hydrogen-bond acceptors (Lipinski definition) is 3. The maximum Gasteiger partial charge on any atom is 0.240 e. The molecule has 2 unspecified atom stereocenters. The van der Waals surface area contributed by atoms with Crippen molar-refractivity contribution < 1.29 is 8.42 Å². The maximum atomic E-state index is 12.1. The van der Waals surface area contributed by atoms with Crippen molar-refractivity contribution in [2.24, 2.45) is 5.92 Å². The van der Waals surface area contributed by atoms with Crippen LogP contribution in [0.15, 0.2) is 29.2 Å². The topological polar surface area (TPSA) is 70.0 Å². The molecule has 1 aromatic rings. The van der Waals surface area contributed by atoms with E-state index in [2.05, 4.69) is 4.72 Å². The van der Waals surface area contributed by atoms with E-state index in [1.165, 1.54) is 12.1 Å². The summed E-state index contributed by atoms with van der Waals surface area (Å²) in [6, 6.07) is 7.83. The predicted octanol–water partition coefficient (Wildman–Crippen LogP) is 2.27. The SMILES string of the molecule is CCC(C)C(C)NS(=O)(=O)c1cccc(C#N)c1. The Morgan fingerprint density at radius 2 is 2.06 bits per heavy atom. The number of hydrogen-bond donors (Lipinski definition) is 1. The number of nitriles is 1. The fraction of sp³-hybridized carbons (Fsp3) is 0.462. The minimum Gasteiger partial charge on any atom is -0.208 e. The summed E-state index contributed by atoms with van der Waals surface area (Å²) in [7, 11) is -3.55. The van der Waals surface area contributed by atoms with Crippen molar-refractivity contribution in [2.45, 2.75) is 38.1 Å². The summed E-state index contributed by atoms with van der Waals surface area (Å²) in [4.78, 5) is 0.136. The van der Waals surface area contributed by atoms with Gasteiger partial charge in [-0.25, -0.2) is 13.1 Å². The highest BCUT2D eigenvalue weighted by atomic mass is 32.2. The van der Waals surface area contributed by atoms with Gasteiger partial charge in [0.05, 0.1) is 16.5 Å². The smallest absolute Gasteiger partial charge is 0.208 e. The largest absolute Gasteiger partial charge is 0.240 e. The van der Waals surface area contributed by atoms with Crippen LogP contribution in [0.25, 0.3) is 0 Å². The quantitative estimate of drug-likeness (QED) is 0.888. The van der Waals surface area contributed by atoms with Crippen LogP contribution < -0.4 is 4.72 Å². The number of sulfonamides is 1. The van der Waals surface area contributed by atoms with Gasteiger partial charge in [0.2, 0.25) is 10.0 Å². The van der Waals surface area contributed by atoms with Gasteiger partial charge in [-0.05, 0) is 31.0 Å². The summed E-state index contributed by atoms with van der Waals surface area (Å²) in [5.74, 6) is 0.263. The minimum atomic E-state index is -3.55. The second-order valence-corrected chi connectivity index (χ2v) is 6.15. The van der Waals surface area contributed by atoms with Gasteiger partial charge in [0.1, 0.15) is 0 Å². The van der Waals surface area contributed by atoms with Crippen molar-refractivity contribution in [1.29, 1.82) is 5.26 Å². The van der Waals surface area contributed by atoms with Crippen LogP contribution in [0.4, 0.5) is 0 Å². The van der Waals surface area contributed by atoms with Crippen molar-refractivity contribution in [3.63, 3.8) is 0 Å². The third-order valence-electron chi connectivity index (χ3n) is 3.11. The third-order valence-corrected chi connectivity index (χ3v) is 4.67. The Bertz CT molecular complexity index is 546. The highest BCUT2D eigenvalue weighted by molar-refractivity contribution is 7.89.